The number of para-hydroxylation sites is 1. The minimum Gasteiger partial charge on any atom is -0.460 e. The van der Waals surface area contributed by atoms with E-state index in [4.69, 9.17) is 4.74 Å². The fraction of sp³-hybridized carbons (Fsp3) is 0.545. The van der Waals surface area contributed by atoms with Crippen LogP contribution in [0.25, 0.3) is 0 Å². The molecule has 0 saturated heterocycles. The molecular formula is C22H28F3N3O. The van der Waals surface area contributed by atoms with Crippen molar-refractivity contribution < 1.29 is 17.9 Å². The summed E-state index contributed by atoms with van der Waals surface area (Å²) in [6, 6.07) is 7.51. The third kappa shape index (κ3) is 5.00. The van der Waals surface area contributed by atoms with Gasteiger partial charge in [0.25, 0.3) is 0 Å². The number of benzene rings is 1. The molecule has 1 heterocycles. The van der Waals surface area contributed by atoms with Crippen molar-refractivity contribution in [3.8, 4) is 6.01 Å². The molecule has 158 valence electrons. The van der Waals surface area contributed by atoms with Crippen LogP contribution in [0.4, 0.5) is 24.7 Å². The Balaban J connectivity index is 2.00. The monoisotopic (exact) mass is 407 g/mol. The smallest absolute Gasteiger partial charge is 0.421 e. The van der Waals surface area contributed by atoms with Crippen molar-refractivity contribution in [1.29, 1.82) is 0 Å². The van der Waals surface area contributed by atoms with Crippen molar-refractivity contribution in [2.45, 2.75) is 70.6 Å². The number of hydrogen-bond donors (Lipinski definition) is 0. The maximum Gasteiger partial charge on any atom is 0.421 e. The number of aromatic nitrogens is 2. The zero-order valence-electron chi connectivity index (χ0n) is 17.2. The molecular weight excluding hydrogens is 379 g/mol. The van der Waals surface area contributed by atoms with Crippen LogP contribution in [0.3, 0.4) is 0 Å². The SMILES string of the molecule is CCC(C)c1ccccc1N(C)c1nc(OC2CCCCC2)ncc1C(F)(F)F. The van der Waals surface area contributed by atoms with Gasteiger partial charge < -0.3 is 9.64 Å². The van der Waals surface area contributed by atoms with E-state index in [2.05, 4.69) is 23.8 Å². The van der Waals surface area contributed by atoms with E-state index in [1.54, 1.807) is 7.05 Å². The first-order valence-corrected chi connectivity index (χ1v) is 10.2. The second-order valence-electron chi connectivity index (χ2n) is 7.69. The van der Waals surface area contributed by atoms with Crippen molar-refractivity contribution >= 4 is 11.5 Å². The molecule has 0 bridgehead atoms. The third-order valence-electron chi connectivity index (χ3n) is 5.64. The second kappa shape index (κ2) is 9.01. The number of rotatable bonds is 6. The highest BCUT2D eigenvalue weighted by molar-refractivity contribution is 5.66. The Kier molecular flexibility index (Phi) is 6.65. The van der Waals surface area contributed by atoms with E-state index >= 15 is 0 Å². The minimum absolute atomic E-state index is 0.00720. The van der Waals surface area contributed by atoms with E-state index in [-0.39, 0.29) is 23.9 Å². The predicted molar refractivity (Wildman–Crippen MR) is 108 cm³/mol. The van der Waals surface area contributed by atoms with Gasteiger partial charge in [-0.2, -0.15) is 18.2 Å². The summed E-state index contributed by atoms with van der Waals surface area (Å²) < 4.78 is 46.9. The van der Waals surface area contributed by atoms with Crippen LogP contribution in [0.15, 0.2) is 30.5 Å². The summed E-state index contributed by atoms with van der Waals surface area (Å²) in [5.41, 5.74) is 0.823. The average molecular weight is 407 g/mol. The van der Waals surface area contributed by atoms with Crippen LogP contribution >= 0.6 is 0 Å². The zero-order valence-corrected chi connectivity index (χ0v) is 17.2. The van der Waals surface area contributed by atoms with Gasteiger partial charge in [-0.05, 0) is 49.7 Å². The molecule has 29 heavy (non-hydrogen) atoms. The number of hydrogen-bond acceptors (Lipinski definition) is 4. The second-order valence-corrected chi connectivity index (χ2v) is 7.69. The molecule has 7 heteroatoms. The summed E-state index contributed by atoms with van der Waals surface area (Å²) in [7, 11) is 1.61. The molecule has 0 N–H and O–H groups in total. The molecule has 1 atom stereocenters. The number of halogens is 3. The molecule has 0 amide bonds. The Hall–Kier alpha value is -2.31. The highest BCUT2D eigenvalue weighted by Gasteiger charge is 2.37. The van der Waals surface area contributed by atoms with Gasteiger partial charge in [0.15, 0.2) is 5.82 Å². The lowest BCUT2D eigenvalue weighted by molar-refractivity contribution is -0.137. The quantitative estimate of drug-likeness (QED) is 0.549. The molecule has 0 radical (unpaired) electrons. The van der Waals surface area contributed by atoms with Crippen LogP contribution in [-0.2, 0) is 6.18 Å². The number of alkyl halides is 3. The number of anilines is 2. The van der Waals surface area contributed by atoms with Crippen LogP contribution in [0.2, 0.25) is 0 Å². The lowest BCUT2D eigenvalue weighted by atomic mass is 9.96. The highest BCUT2D eigenvalue weighted by Crippen LogP contribution is 2.40. The van der Waals surface area contributed by atoms with E-state index in [1.807, 2.05) is 24.3 Å². The largest absolute Gasteiger partial charge is 0.460 e. The van der Waals surface area contributed by atoms with Crippen molar-refractivity contribution in [3.63, 3.8) is 0 Å². The Bertz CT molecular complexity index is 819. The summed E-state index contributed by atoms with van der Waals surface area (Å²) in [6.45, 7) is 4.12. The van der Waals surface area contributed by atoms with Gasteiger partial charge >= 0.3 is 12.2 Å². The topological polar surface area (TPSA) is 38.2 Å². The zero-order chi connectivity index (χ0) is 21.0. The van der Waals surface area contributed by atoms with Crippen molar-refractivity contribution in [2.75, 3.05) is 11.9 Å². The van der Waals surface area contributed by atoms with Crippen molar-refractivity contribution in [2.24, 2.45) is 0 Å². The van der Waals surface area contributed by atoms with Gasteiger partial charge in [0.1, 0.15) is 11.7 Å². The standard InChI is InChI=1S/C22H28F3N3O/c1-4-15(2)17-12-8-9-13-19(17)28(3)20-18(22(23,24)25)14-26-21(27-20)29-16-10-6-5-7-11-16/h8-9,12-16H,4-7,10-11H2,1-3H3. The lowest BCUT2D eigenvalue weighted by Gasteiger charge is -2.27. The summed E-state index contributed by atoms with van der Waals surface area (Å²) in [5.74, 6) is 0.0249. The predicted octanol–water partition coefficient (Wildman–Crippen LogP) is 6.49. The Labute approximate surface area is 170 Å². The van der Waals surface area contributed by atoms with Gasteiger partial charge in [0.2, 0.25) is 0 Å². The molecule has 1 aliphatic rings. The van der Waals surface area contributed by atoms with Crippen LogP contribution in [0.5, 0.6) is 6.01 Å². The average Bonchev–Trinajstić information content (AvgIpc) is 2.72. The summed E-state index contributed by atoms with van der Waals surface area (Å²) in [4.78, 5) is 9.58. The molecule has 0 aliphatic heterocycles. The molecule has 3 rings (SSSR count). The van der Waals surface area contributed by atoms with E-state index in [0.29, 0.717) is 5.69 Å². The number of nitrogens with zero attached hydrogens (tertiary/aromatic N) is 3. The molecule has 1 fully saturated rings. The molecule has 1 saturated carbocycles. The summed E-state index contributed by atoms with van der Waals surface area (Å²) >= 11 is 0. The number of ether oxygens (including phenoxy) is 1. The fourth-order valence-electron chi connectivity index (χ4n) is 3.75. The van der Waals surface area contributed by atoms with Gasteiger partial charge in [0, 0.05) is 18.9 Å². The van der Waals surface area contributed by atoms with Gasteiger partial charge in [-0.25, -0.2) is 4.98 Å². The van der Waals surface area contributed by atoms with E-state index < -0.39 is 11.7 Å². The molecule has 2 aromatic rings. The minimum atomic E-state index is -4.56. The molecule has 1 unspecified atom stereocenters. The van der Waals surface area contributed by atoms with Crippen LogP contribution in [-0.4, -0.2) is 23.1 Å². The molecule has 1 aromatic carbocycles. The van der Waals surface area contributed by atoms with Gasteiger partial charge in [-0.15, -0.1) is 0 Å². The molecule has 1 aromatic heterocycles. The molecule has 1 aliphatic carbocycles. The van der Waals surface area contributed by atoms with Crippen LogP contribution < -0.4 is 9.64 Å². The fourth-order valence-corrected chi connectivity index (χ4v) is 3.75. The normalized spacial score (nSPS) is 16.5. The van der Waals surface area contributed by atoms with E-state index in [9.17, 15) is 13.2 Å². The van der Waals surface area contributed by atoms with E-state index in [0.717, 1.165) is 50.3 Å². The first kappa shape index (κ1) is 21.4. The van der Waals surface area contributed by atoms with Crippen LogP contribution in [0, 0.1) is 0 Å². The van der Waals surface area contributed by atoms with Gasteiger partial charge in [-0.1, -0.05) is 38.5 Å². The Morgan fingerprint density at radius 2 is 1.86 bits per heavy atom. The van der Waals surface area contributed by atoms with Crippen molar-refractivity contribution in [3.05, 3.63) is 41.6 Å². The maximum atomic E-state index is 13.7. The molecule has 0 spiro atoms. The third-order valence-corrected chi connectivity index (χ3v) is 5.64. The molecule has 4 nitrogen and oxygen atoms in total. The van der Waals surface area contributed by atoms with Gasteiger partial charge in [0.05, 0.1) is 0 Å². The first-order valence-electron chi connectivity index (χ1n) is 10.2. The summed E-state index contributed by atoms with van der Waals surface area (Å²) in [5, 5.41) is 0. The highest BCUT2D eigenvalue weighted by atomic mass is 19.4. The van der Waals surface area contributed by atoms with Gasteiger partial charge in [-0.3, -0.25) is 0 Å². The maximum absolute atomic E-state index is 13.7. The Morgan fingerprint density at radius 1 is 1.17 bits per heavy atom. The Morgan fingerprint density at radius 3 is 2.52 bits per heavy atom. The van der Waals surface area contributed by atoms with E-state index in [1.165, 1.54) is 4.90 Å². The van der Waals surface area contributed by atoms with Crippen LogP contribution in [0.1, 0.15) is 69.4 Å². The summed E-state index contributed by atoms with van der Waals surface area (Å²) in [6.07, 6.45) is 2.16. The first-order chi connectivity index (χ1) is 13.8. The van der Waals surface area contributed by atoms with Crippen molar-refractivity contribution in [1.82, 2.24) is 9.97 Å². The lowest BCUT2D eigenvalue weighted by Crippen LogP contribution is -2.23.